The van der Waals surface area contributed by atoms with E-state index in [0.717, 1.165) is 17.3 Å². The molecule has 2 rings (SSSR count). The van der Waals surface area contributed by atoms with Crippen molar-refractivity contribution in [2.45, 2.75) is 51.5 Å². The number of quaternary nitrogens is 1. The largest absolute Gasteiger partial charge is 0.356 e. The predicted molar refractivity (Wildman–Crippen MR) is 98.8 cm³/mol. The Hall–Kier alpha value is -1.13. The van der Waals surface area contributed by atoms with E-state index in [1.807, 2.05) is 0 Å². The molecule has 0 spiro atoms. The summed E-state index contributed by atoms with van der Waals surface area (Å²) in [7, 11) is 4.54. The molecule has 0 unspecified atom stereocenters. The van der Waals surface area contributed by atoms with Crippen LogP contribution >= 0.6 is 12.2 Å². The van der Waals surface area contributed by atoms with Gasteiger partial charge in [0.15, 0.2) is 5.11 Å². The highest BCUT2D eigenvalue weighted by Crippen LogP contribution is 2.25. The summed E-state index contributed by atoms with van der Waals surface area (Å²) in [6, 6.07) is 6.28. The Morgan fingerprint density at radius 1 is 1.18 bits per heavy atom. The minimum Gasteiger partial charge on any atom is -0.356 e. The highest BCUT2D eigenvalue weighted by atomic mass is 32.1. The van der Waals surface area contributed by atoms with Crippen molar-refractivity contribution in [2.75, 3.05) is 26.0 Å². The van der Waals surface area contributed by atoms with Crippen LogP contribution in [0.5, 0.6) is 0 Å². The first-order valence-electron chi connectivity index (χ1n) is 8.36. The average molecular weight is 321 g/mol. The van der Waals surface area contributed by atoms with Gasteiger partial charge in [0.2, 0.25) is 0 Å². The zero-order chi connectivity index (χ0) is 16.2. The molecule has 3 N–H and O–H groups in total. The third-order valence-corrected chi connectivity index (χ3v) is 5.56. The molecule has 0 saturated heterocycles. The summed E-state index contributed by atoms with van der Waals surface area (Å²) in [4.78, 5) is 1.54. The van der Waals surface area contributed by atoms with E-state index >= 15 is 0 Å². The number of aryl methyl sites for hydroxylation is 1. The molecule has 0 heterocycles. The molecule has 0 amide bonds. The topological polar surface area (TPSA) is 28.5 Å². The Morgan fingerprint density at radius 2 is 1.86 bits per heavy atom. The number of nitrogens with one attached hydrogen (secondary N) is 3. The van der Waals surface area contributed by atoms with Crippen LogP contribution < -0.4 is 15.5 Å². The van der Waals surface area contributed by atoms with Crippen LogP contribution in [0.3, 0.4) is 0 Å². The Balaban J connectivity index is 1.95. The normalized spacial score (nSPS) is 17.3. The van der Waals surface area contributed by atoms with E-state index in [1.54, 1.807) is 0 Å². The van der Waals surface area contributed by atoms with E-state index in [4.69, 9.17) is 12.2 Å². The smallest absolute Gasteiger partial charge is 0.171 e. The van der Waals surface area contributed by atoms with Crippen molar-refractivity contribution in [3.63, 3.8) is 0 Å². The van der Waals surface area contributed by atoms with Crippen LogP contribution in [-0.4, -0.2) is 31.3 Å². The number of rotatable bonds is 4. The number of hydrogen-bond acceptors (Lipinski definition) is 1. The molecule has 1 aromatic rings. The van der Waals surface area contributed by atoms with Gasteiger partial charge >= 0.3 is 0 Å². The number of likely N-dealkylation sites (N-methyl/N-ethyl adjacent to an activating group) is 1. The van der Waals surface area contributed by atoms with E-state index in [9.17, 15) is 0 Å². The molecule has 1 saturated carbocycles. The van der Waals surface area contributed by atoms with Gasteiger partial charge in [0.1, 0.15) is 5.54 Å². The Morgan fingerprint density at radius 3 is 2.50 bits per heavy atom. The lowest BCUT2D eigenvalue weighted by Gasteiger charge is -2.40. The van der Waals surface area contributed by atoms with E-state index in [2.05, 4.69) is 56.8 Å². The maximum atomic E-state index is 5.51. The first kappa shape index (κ1) is 17.2. The molecule has 1 fully saturated rings. The third kappa shape index (κ3) is 3.99. The summed E-state index contributed by atoms with van der Waals surface area (Å²) < 4.78 is 0. The summed E-state index contributed by atoms with van der Waals surface area (Å²) in [5, 5.41) is 7.56. The van der Waals surface area contributed by atoms with Gasteiger partial charge in [0.05, 0.1) is 20.6 Å². The molecule has 0 radical (unpaired) electrons. The Bertz CT molecular complexity index is 519. The fourth-order valence-electron chi connectivity index (χ4n) is 3.38. The van der Waals surface area contributed by atoms with Gasteiger partial charge in [-0.1, -0.05) is 18.6 Å². The zero-order valence-electron chi connectivity index (χ0n) is 14.4. The average Bonchev–Trinajstić information content (AvgIpc) is 2.51. The maximum absolute atomic E-state index is 5.51. The lowest BCUT2D eigenvalue weighted by molar-refractivity contribution is -0.916. The molecular formula is C18H30N3S+. The first-order valence-corrected chi connectivity index (χ1v) is 8.77. The van der Waals surface area contributed by atoms with Crippen molar-refractivity contribution >= 4 is 23.0 Å². The van der Waals surface area contributed by atoms with Crippen LogP contribution in [0.4, 0.5) is 5.69 Å². The number of thiocarbonyl (C=S) groups is 1. The molecule has 0 aliphatic heterocycles. The van der Waals surface area contributed by atoms with Crippen LogP contribution in [0, 0.1) is 13.8 Å². The van der Waals surface area contributed by atoms with Gasteiger partial charge in [-0.05, 0) is 56.1 Å². The summed E-state index contributed by atoms with van der Waals surface area (Å²) in [6.45, 7) is 5.21. The summed E-state index contributed by atoms with van der Waals surface area (Å²) >= 11 is 5.51. The molecule has 22 heavy (non-hydrogen) atoms. The lowest BCUT2D eigenvalue weighted by Crippen LogP contribution is -3.16. The molecular weight excluding hydrogens is 290 g/mol. The first-order chi connectivity index (χ1) is 10.4. The lowest BCUT2D eigenvalue weighted by atomic mass is 9.80. The quantitative estimate of drug-likeness (QED) is 0.744. The van der Waals surface area contributed by atoms with Crippen LogP contribution in [0.25, 0.3) is 0 Å². The molecule has 1 aliphatic carbocycles. The zero-order valence-corrected chi connectivity index (χ0v) is 15.2. The van der Waals surface area contributed by atoms with Crippen molar-refractivity contribution in [1.29, 1.82) is 0 Å². The molecule has 4 heteroatoms. The second kappa shape index (κ2) is 7.42. The van der Waals surface area contributed by atoms with Crippen LogP contribution in [0.2, 0.25) is 0 Å². The van der Waals surface area contributed by atoms with E-state index in [0.29, 0.717) is 5.54 Å². The minimum atomic E-state index is 0.325. The second-order valence-electron chi connectivity index (χ2n) is 6.90. The SMILES string of the molecule is Cc1cccc(NC(=S)NCC2([NH+](C)C)CCCCC2)c1C. The van der Waals surface area contributed by atoms with E-state index in [-0.39, 0.29) is 0 Å². The predicted octanol–water partition coefficient (Wildman–Crippen LogP) is 2.44. The fraction of sp³-hybridized carbons (Fsp3) is 0.611. The van der Waals surface area contributed by atoms with Crippen LogP contribution in [0.15, 0.2) is 18.2 Å². The van der Waals surface area contributed by atoms with Gasteiger partial charge in [0.25, 0.3) is 0 Å². The molecule has 3 nitrogen and oxygen atoms in total. The van der Waals surface area contributed by atoms with Crippen LogP contribution in [-0.2, 0) is 0 Å². The molecule has 0 aromatic heterocycles. The van der Waals surface area contributed by atoms with Crippen molar-refractivity contribution in [2.24, 2.45) is 0 Å². The summed E-state index contributed by atoms with van der Waals surface area (Å²) in [5.41, 5.74) is 3.98. The van der Waals surface area contributed by atoms with Gasteiger partial charge in [-0.15, -0.1) is 0 Å². The minimum absolute atomic E-state index is 0.325. The van der Waals surface area contributed by atoms with Gasteiger partial charge < -0.3 is 15.5 Å². The monoisotopic (exact) mass is 320 g/mol. The summed E-state index contributed by atoms with van der Waals surface area (Å²) in [5.74, 6) is 0. The number of benzene rings is 1. The Labute approximate surface area is 140 Å². The highest BCUT2D eigenvalue weighted by molar-refractivity contribution is 7.80. The number of hydrogen-bond donors (Lipinski definition) is 3. The molecule has 1 aromatic carbocycles. The van der Waals surface area contributed by atoms with Crippen LogP contribution in [0.1, 0.15) is 43.2 Å². The van der Waals surface area contributed by atoms with E-state index in [1.165, 1.54) is 48.1 Å². The second-order valence-corrected chi connectivity index (χ2v) is 7.30. The van der Waals surface area contributed by atoms with Gasteiger partial charge in [-0.25, -0.2) is 0 Å². The molecule has 1 aliphatic rings. The van der Waals surface area contributed by atoms with Gasteiger partial charge in [0, 0.05) is 18.5 Å². The highest BCUT2D eigenvalue weighted by Gasteiger charge is 2.37. The van der Waals surface area contributed by atoms with Gasteiger partial charge in [-0.2, -0.15) is 0 Å². The standard InChI is InChI=1S/C18H29N3S/c1-14-9-8-10-16(15(14)2)20-17(22)19-13-18(21(3)4)11-6-5-7-12-18/h8-10H,5-7,11-13H2,1-4H3,(H2,19,20,22)/p+1. The maximum Gasteiger partial charge on any atom is 0.171 e. The van der Waals surface area contributed by atoms with Crippen molar-refractivity contribution in [3.05, 3.63) is 29.3 Å². The number of anilines is 1. The van der Waals surface area contributed by atoms with E-state index < -0.39 is 0 Å². The van der Waals surface area contributed by atoms with Crippen molar-refractivity contribution < 1.29 is 4.90 Å². The molecule has 122 valence electrons. The van der Waals surface area contributed by atoms with Crippen molar-refractivity contribution in [1.82, 2.24) is 5.32 Å². The summed E-state index contributed by atoms with van der Waals surface area (Å²) in [6.07, 6.45) is 6.62. The fourth-order valence-corrected chi connectivity index (χ4v) is 3.57. The third-order valence-electron chi connectivity index (χ3n) is 5.31. The molecule has 0 bridgehead atoms. The van der Waals surface area contributed by atoms with Crippen molar-refractivity contribution in [3.8, 4) is 0 Å². The van der Waals surface area contributed by atoms with Gasteiger partial charge in [-0.3, -0.25) is 0 Å². The molecule has 0 atom stereocenters. The Kier molecular flexibility index (Phi) is 5.81.